The van der Waals surface area contributed by atoms with Gasteiger partial charge in [0.25, 0.3) is 0 Å². The van der Waals surface area contributed by atoms with E-state index in [0.717, 1.165) is 33.1 Å². The molecule has 7 nitrogen and oxygen atoms in total. The molecule has 0 atom stereocenters. The number of carbonyl (C=O) groups is 1. The van der Waals surface area contributed by atoms with Crippen molar-refractivity contribution >= 4 is 45.6 Å². The van der Waals surface area contributed by atoms with Gasteiger partial charge in [0.2, 0.25) is 6.41 Å². The third-order valence-corrected chi connectivity index (χ3v) is 5.88. The second kappa shape index (κ2) is 6.72. The summed E-state index contributed by atoms with van der Waals surface area (Å²) in [5, 5.41) is 4.09. The Labute approximate surface area is 170 Å². The number of halogens is 1. The number of nitrogens with zero attached hydrogens (tertiary/aromatic N) is 3. The van der Waals surface area contributed by atoms with Crippen molar-refractivity contribution in [3.63, 3.8) is 0 Å². The van der Waals surface area contributed by atoms with E-state index < -0.39 is 0 Å². The lowest BCUT2D eigenvalue weighted by Gasteiger charge is -2.17. The zero-order valence-corrected chi connectivity index (χ0v) is 16.4. The lowest BCUT2D eigenvalue weighted by Crippen LogP contribution is -2.24. The Morgan fingerprint density at radius 3 is 2.97 bits per heavy atom. The number of aromatic nitrogens is 3. The minimum atomic E-state index is -0.111. The van der Waals surface area contributed by atoms with Gasteiger partial charge in [0.05, 0.1) is 47.5 Å². The molecule has 29 heavy (non-hydrogen) atoms. The van der Waals surface area contributed by atoms with Crippen molar-refractivity contribution in [2.24, 2.45) is 7.05 Å². The van der Waals surface area contributed by atoms with E-state index in [2.05, 4.69) is 10.3 Å². The monoisotopic (exact) mass is 408 g/mol. The Morgan fingerprint density at radius 1 is 1.28 bits per heavy atom. The molecule has 0 unspecified atom stereocenters. The van der Waals surface area contributed by atoms with Gasteiger partial charge >= 0.3 is 5.69 Å². The third-order valence-electron chi connectivity index (χ3n) is 5.44. The van der Waals surface area contributed by atoms with Gasteiger partial charge < -0.3 is 10.1 Å². The van der Waals surface area contributed by atoms with E-state index >= 15 is 0 Å². The normalized spacial score (nSPS) is 13.6. The summed E-state index contributed by atoms with van der Waals surface area (Å²) < 4.78 is 9.18. The number of fused-ring (bicyclic) bond motifs is 4. The first kappa shape index (κ1) is 17.9. The molecule has 3 heterocycles. The number of amides is 1. The van der Waals surface area contributed by atoms with Crippen LogP contribution in [0.4, 0.5) is 5.69 Å². The first-order valence-corrected chi connectivity index (χ1v) is 9.55. The van der Waals surface area contributed by atoms with Crippen molar-refractivity contribution < 1.29 is 9.53 Å². The van der Waals surface area contributed by atoms with Crippen molar-refractivity contribution in [1.29, 1.82) is 0 Å². The van der Waals surface area contributed by atoms with Crippen LogP contribution in [0.15, 0.2) is 41.3 Å². The van der Waals surface area contributed by atoms with E-state index in [9.17, 15) is 9.59 Å². The maximum absolute atomic E-state index is 12.8. The summed E-state index contributed by atoms with van der Waals surface area (Å²) in [4.78, 5) is 28.3. The van der Waals surface area contributed by atoms with Crippen molar-refractivity contribution in [1.82, 2.24) is 14.1 Å². The SMILES string of the molecule is Cn1c(=O)n2c3c4cc(ccc4ncc31)-c1ccc(NC=O)c(c1Cl)COCC2. The Hall–Kier alpha value is -3.16. The molecule has 0 saturated heterocycles. The van der Waals surface area contributed by atoms with Crippen LogP contribution in [0.1, 0.15) is 5.56 Å². The van der Waals surface area contributed by atoms with Gasteiger partial charge in [-0.3, -0.25) is 18.9 Å². The molecule has 0 aliphatic carbocycles. The summed E-state index contributed by atoms with van der Waals surface area (Å²) in [7, 11) is 1.74. The summed E-state index contributed by atoms with van der Waals surface area (Å²) >= 11 is 6.72. The number of benzene rings is 2. The van der Waals surface area contributed by atoms with Gasteiger partial charge in [-0.1, -0.05) is 23.7 Å². The number of rotatable bonds is 2. The Morgan fingerprint density at radius 2 is 2.14 bits per heavy atom. The lowest BCUT2D eigenvalue weighted by molar-refractivity contribution is -0.105. The zero-order chi connectivity index (χ0) is 20.1. The van der Waals surface area contributed by atoms with Crippen LogP contribution in [0.2, 0.25) is 5.02 Å². The predicted molar refractivity (Wildman–Crippen MR) is 112 cm³/mol. The van der Waals surface area contributed by atoms with E-state index in [1.807, 2.05) is 30.3 Å². The number of carbonyl (C=O) groups excluding carboxylic acids is 1. The van der Waals surface area contributed by atoms with E-state index in [4.69, 9.17) is 16.3 Å². The smallest absolute Gasteiger partial charge is 0.328 e. The first-order valence-electron chi connectivity index (χ1n) is 9.18. The van der Waals surface area contributed by atoms with Crippen LogP contribution in [-0.2, 0) is 29.7 Å². The molecular formula is C21H17ClN4O3. The van der Waals surface area contributed by atoms with E-state index in [-0.39, 0.29) is 12.3 Å². The molecule has 4 aromatic rings. The molecule has 4 bridgehead atoms. The number of ether oxygens (including phenoxy) is 1. The molecule has 8 heteroatoms. The average molecular weight is 409 g/mol. The highest BCUT2D eigenvalue weighted by molar-refractivity contribution is 6.34. The number of hydrogen-bond acceptors (Lipinski definition) is 4. The van der Waals surface area contributed by atoms with Crippen LogP contribution in [-0.4, -0.2) is 27.1 Å². The summed E-state index contributed by atoms with van der Waals surface area (Å²) in [5.41, 5.74) is 5.33. The highest BCUT2D eigenvalue weighted by Crippen LogP contribution is 2.37. The molecule has 0 spiro atoms. The summed E-state index contributed by atoms with van der Waals surface area (Å²) in [5.74, 6) is 0. The van der Waals surface area contributed by atoms with E-state index in [1.165, 1.54) is 0 Å². The highest BCUT2D eigenvalue weighted by atomic mass is 35.5. The fourth-order valence-corrected chi connectivity index (χ4v) is 4.29. The fourth-order valence-electron chi connectivity index (χ4n) is 3.97. The molecule has 146 valence electrons. The molecular weight excluding hydrogens is 392 g/mol. The van der Waals surface area contributed by atoms with Gasteiger partial charge in [-0.2, -0.15) is 0 Å². The summed E-state index contributed by atoms with van der Waals surface area (Å²) in [6.07, 6.45) is 2.35. The Kier molecular flexibility index (Phi) is 4.15. The fraction of sp³-hybridized carbons (Fsp3) is 0.190. The molecule has 1 N–H and O–H groups in total. The molecule has 5 rings (SSSR count). The van der Waals surface area contributed by atoms with Crippen LogP contribution in [0.5, 0.6) is 0 Å². The number of nitrogens with one attached hydrogen (secondary N) is 1. The lowest BCUT2D eigenvalue weighted by atomic mass is 9.99. The molecule has 0 radical (unpaired) electrons. The van der Waals surface area contributed by atoms with Gasteiger partial charge in [-0.05, 0) is 23.8 Å². The Bertz CT molecular complexity index is 1360. The third kappa shape index (κ3) is 2.66. The topological polar surface area (TPSA) is 78.2 Å². The van der Waals surface area contributed by atoms with Gasteiger partial charge in [0.15, 0.2) is 0 Å². The second-order valence-corrected chi connectivity index (χ2v) is 7.36. The molecule has 2 aromatic carbocycles. The second-order valence-electron chi connectivity index (χ2n) is 6.99. The molecule has 1 aliphatic rings. The largest absolute Gasteiger partial charge is 0.375 e. The first-order chi connectivity index (χ1) is 14.1. The average Bonchev–Trinajstić information content (AvgIpc) is 2.97. The molecule has 1 amide bonds. The van der Waals surface area contributed by atoms with Crippen molar-refractivity contribution in [3.8, 4) is 11.1 Å². The molecule has 2 aromatic heterocycles. The van der Waals surface area contributed by atoms with E-state index in [0.29, 0.717) is 35.8 Å². The van der Waals surface area contributed by atoms with Crippen molar-refractivity contribution in [3.05, 3.63) is 57.6 Å². The molecule has 0 saturated carbocycles. The minimum Gasteiger partial charge on any atom is -0.375 e. The zero-order valence-electron chi connectivity index (χ0n) is 15.6. The number of anilines is 1. The number of aryl methyl sites for hydroxylation is 1. The number of pyridine rings is 1. The number of hydrogen-bond donors (Lipinski definition) is 1. The minimum absolute atomic E-state index is 0.111. The van der Waals surface area contributed by atoms with Gasteiger partial charge in [0, 0.05) is 29.2 Å². The maximum Gasteiger partial charge on any atom is 0.328 e. The van der Waals surface area contributed by atoms with Crippen LogP contribution < -0.4 is 11.0 Å². The van der Waals surface area contributed by atoms with Gasteiger partial charge in [0.1, 0.15) is 0 Å². The highest BCUT2D eigenvalue weighted by Gasteiger charge is 2.18. The molecule has 1 aliphatic heterocycles. The standard InChI is InChI=1S/C21H17ClN4O3/c1-25-18-9-23-16-4-2-12-8-14(16)20(18)26(21(25)28)6-7-29-10-15-17(24-11-27)5-3-13(12)19(15)22/h2-5,8-9,11H,6-7,10H2,1H3,(H,24,27). The van der Waals surface area contributed by atoms with Crippen LogP contribution in [0, 0.1) is 0 Å². The van der Waals surface area contributed by atoms with Crippen molar-refractivity contribution in [2.45, 2.75) is 13.2 Å². The number of imidazole rings is 1. The van der Waals surface area contributed by atoms with Crippen LogP contribution >= 0.6 is 11.6 Å². The van der Waals surface area contributed by atoms with E-state index in [1.54, 1.807) is 22.4 Å². The van der Waals surface area contributed by atoms with Gasteiger partial charge in [-0.25, -0.2) is 4.79 Å². The van der Waals surface area contributed by atoms with Crippen molar-refractivity contribution in [2.75, 3.05) is 11.9 Å². The molecule has 0 fully saturated rings. The summed E-state index contributed by atoms with van der Waals surface area (Å²) in [6.45, 7) is 0.940. The predicted octanol–water partition coefficient (Wildman–Crippen LogP) is 3.31. The Balaban J connectivity index is 1.87. The van der Waals surface area contributed by atoms with Crippen LogP contribution in [0.3, 0.4) is 0 Å². The van der Waals surface area contributed by atoms with Gasteiger partial charge in [-0.15, -0.1) is 0 Å². The van der Waals surface area contributed by atoms with Crippen LogP contribution in [0.25, 0.3) is 33.1 Å². The quantitative estimate of drug-likeness (QED) is 0.516. The maximum atomic E-state index is 12.8. The summed E-state index contributed by atoms with van der Waals surface area (Å²) in [6, 6.07) is 9.59.